The minimum Gasteiger partial charge on any atom is -0.461 e. The Morgan fingerprint density at radius 2 is 2.00 bits per heavy atom. The second-order valence-corrected chi connectivity index (χ2v) is 5.96. The first-order valence-corrected chi connectivity index (χ1v) is 6.72. The Morgan fingerprint density at radius 1 is 1.32 bits per heavy atom. The Labute approximate surface area is 112 Å². The van der Waals surface area contributed by atoms with Gasteiger partial charge in [0.15, 0.2) is 5.78 Å². The molecule has 1 heterocycles. The first-order chi connectivity index (χ1) is 8.91. The van der Waals surface area contributed by atoms with E-state index in [9.17, 15) is 14.7 Å². The molecule has 0 radical (unpaired) electrons. The minimum absolute atomic E-state index is 0.00320. The van der Waals surface area contributed by atoms with Gasteiger partial charge >= 0.3 is 5.97 Å². The fraction of sp³-hybridized carbons (Fsp3) is 0.600. The lowest BCUT2D eigenvalue weighted by Gasteiger charge is -2.26. The van der Waals surface area contributed by atoms with Crippen LogP contribution in [0, 0.1) is 17.8 Å². The van der Waals surface area contributed by atoms with Gasteiger partial charge in [-0.15, -0.1) is 0 Å². The van der Waals surface area contributed by atoms with Crippen molar-refractivity contribution in [3.8, 4) is 0 Å². The Bertz CT molecular complexity index is 528. The number of aliphatic hydroxyl groups excluding tert-OH is 1. The number of fused-ring (bicyclic) bond motifs is 3. The van der Waals surface area contributed by atoms with Crippen LogP contribution in [0.2, 0.25) is 0 Å². The molecule has 0 saturated carbocycles. The lowest BCUT2D eigenvalue weighted by atomic mass is 9.80. The molecule has 102 valence electrons. The van der Waals surface area contributed by atoms with Gasteiger partial charge in [0.2, 0.25) is 0 Å². The zero-order chi connectivity index (χ0) is 13.9. The standard InChI is InChI=1S/C15H18O4/c1-6-4-10(17)13-8(3)15(18)19-14(13)12-7(2)5-9(16)11(6)12/h5,8,10,12-14,17H,4H2,1-3H3/t8?,10-,12?,13?,14+/m0/s1. The highest BCUT2D eigenvalue weighted by Crippen LogP contribution is 2.47. The first-order valence-electron chi connectivity index (χ1n) is 6.72. The molecule has 3 unspecified atom stereocenters. The van der Waals surface area contributed by atoms with Gasteiger partial charge in [-0.2, -0.15) is 0 Å². The van der Waals surface area contributed by atoms with Gasteiger partial charge in [-0.05, 0) is 26.3 Å². The highest BCUT2D eigenvalue weighted by Gasteiger charge is 2.53. The summed E-state index contributed by atoms with van der Waals surface area (Å²) in [5.41, 5.74) is 2.59. The van der Waals surface area contributed by atoms with E-state index in [-0.39, 0.29) is 29.5 Å². The number of allylic oxidation sites excluding steroid dienone is 1. The molecular formula is C15H18O4. The summed E-state index contributed by atoms with van der Waals surface area (Å²) in [5.74, 6) is -0.957. The van der Waals surface area contributed by atoms with E-state index in [1.54, 1.807) is 13.0 Å². The van der Waals surface area contributed by atoms with Crippen LogP contribution >= 0.6 is 0 Å². The second kappa shape index (κ2) is 4.04. The molecular weight excluding hydrogens is 244 g/mol. The molecule has 4 heteroatoms. The number of carbonyl (C=O) groups excluding carboxylic acids is 2. The number of hydrogen-bond acceptors (Lipinski definition) is 4. The zero-order valence-electron chi connectivity index (χ0n) is 11.3. The van der Waals surface area contributed by atoms with Gasteiger partial charge in [0.1, 0.15) is 6.10 Å². The first kappa shape index (κ1) is 12.6. The average Bonchev–Trinajstić information content (AvgIpc) is 2.72. The van der Waals surface area contributed by atoms with E-state index in [1.165, 1.54) is 0 Å². The van der Waals surface area contributed by atoms with Crippen LogP contribution in [-0.4, -0.2) is 29.1 Å². The molecule has 5 atom stereocenters. The van der Waals surface area contributed by atoms with Crippen molar-refractivity contribution in [2.75, 3.05) is 0 Å². The van der Waals surface area contributed by atoms with Crippen LogP contribution in [0.15, 0.2) is 22.8 Å². The van der Waals surface area contributed by atoms with Gasteiger partial charge in [-0.1, -0.05) is 18.1 Å². The Hall–Kier alpha value is -1.42. The number of ketones is 1. The summed E-state index contributed by atoms with van der Waals surface area (Å²) in [7, 11) is 0. The third-order valence-corrected chi connectivity index (χ3v) is 4.75. The minimum atomic E-state index is -0.620. The number of hydrogen-bond donors (Lipinski definition) is 1. The third kappa shape index (κ3) is 1.62. The molecule has 1 fully saturated rings. The summed E-state index contributed by atoms with van der Waals surface area (Å²) in [4.78, 5) is 23.9. The summed E-state index contributed by atoms with van der Waals surface area (Å²) in [6.07, 6.45) is 1.06. The van der Waals surface area contributed by atoms with Crippen molar-refractivity contribution < 1.29 is 19.4 Å². The van der Waals surface area contributed by atoms with E-state index in [2.05, 4.69) is 0 Å². The summed E-state index contributed by atoms with van der Waals surface area (Å²) in [5, 5.41) is 10.3. The molecule has 0 bridgehead atoms. The number of esters is 1. The molecule has 4 nitrogen and oxygen atoms in total. The van der Waals surface area contributed by atoms with E-state index in [4.69, 9.17) is 4.74 Å². The molecule has 0 aromatic carbocycles. The third-order valence-electron chi connectivity index (χ3n) is 4.75. The second-order valence-electron chi connectivity index (χ2n) is 5.96. The van der Waals surface area contributed by atoms with Crippen LogP contribution in [0.3, 0.4) is 0 Å². The van der Waals surface area contributed by atoms with E-state index < -0.39 is 12.2 Å². The normalized spacial score (nSPS) is 41.7. The molecule has 1 N–H and O–H groups in total. The summed E-state index contributed by atoms with van der Waals surface area (Å²) in [6.45, 7) is 5.59. The molecule has 0 spiro atoms. The SMILES string of the molecule is CC1=CC(=O)C2=C(C)C[C@H](O)C3C(C)C(=O)O[C@@H]3C12. The highest BCUT2D eigenvalue weighted by molar-refractivity contribution is 6.09. The van der Waals surface area contributed by atoms with Gasteiger partial charge in [-0.3, -0.25) is 9.59 Å². The van der Waals surface area contributed by atoms with Gasteiger partial charge in [0.05, 0.1) is 12.0 Å². The van der Waals surface area contributed by atoms with Crippen LogP contribution in [0.25, 0.3) is 0 Å². The average molecular weight is 262 g/mol. The lowest BCUT2D eigenvalue weighted by Crippen LogP contribution is -2.35. The molecule has 3 aliphatic rings. The molecule has 0 amide bonds. The van der Waals surface area contributed by atoms with Crippen LogP contribution in [0.1, 0.15) is 27.2 Å². The van der Waals surface area contributed by atoms with Crippen LogP contribution in [0.5, 0.6) is 0 Å². The smallest absolute Gasteiger partial charge is 0.309 e. The van der Waals surface area contributed by atoms with Gasteiger partial charge in [-0.25, -0.2) is 0 Å². The Balaban J connectivity index is 2.11. The van der Waals surface area contributed by atoms with Crippen molar-refractivity contribution in [2.45, 2.75) is 39.4 Å². The topological polar surface area (TPSA) is 63.6 Å². The van der Waals surface area contributed by atoms with Crippen LogP contribution < -0.4 is 0 Å². The fourth-order valence-corrected chi connectivity index (χ4v) is 3.82. The maximum Gasteiger partial charge on any atom is 0.309 e. The molecule has 3 rings (SSSR count). The predicted octanol–water partition coefficient (Wildman–Crippen LogP) is 1.39. The fourth-order valence-electron chi connectivity index (χ4n) is 3.82. The maximum absolute atomic E-state index is 12.1. The summed E-state index contributed by atoms with van der Waals surface area (Å²) >= 11 is 0. The molecule has 19 heavy (non-hydrogen) atoms. The molecule has 1 saturated heterocycles. The monoisotopic (exact) mass is 262 g/mol. The van der Waals surface area contributed by atoms with Gasteiger partial charge < -0.3 is 9.84 Å². The number of carbonyl (C=O) groups is 2. The molecule has 2 aliphatic carbocycles. The highest BCUT2D eigenvalue weighted by atomic mass is 16.6. The molecule has 0 aromatic rings. The number of ether oxygens (including phenoxy) is 1. The van der Waals surface area contributed by atoms with Crippen molar-refractivity contribution in [1.29, 1.82) is 0 Å². The Kier molecular flexibility index (Phi) is 2.68. The number of aliphatic hydroxyl groups is 1. The van der Waals surface area contributed by atoms with E-state index in [0.717, 1.165) is 16.7 Å². The van der Waals surface area contributed by atoms with Gasteiger partial charge in [0, 0.05) is 17.4 Å². The van der Waals surface area contributed by atoms with Crippen molar-refractivity contribution >= 4 is 11.8 Å². The zero-order valence-corrected chi connectivity index (χ0v) is 11.3. The molecule has 1 aliphatic heterocycles. The van der Waals surface area contributed by atoms with E-state index >= 15 is 0 Å². The van der Waals surface area contributed by atoms with E-state index in [0.29, 0.717) is 6.42 Å². The van der Waals surface area contributed by atoms with Crippen molar-refractivity contribution in [1.82, 2.24) is 0 Å². The van der Waals surface area contributed by atoms with Crippen molar-refractivity contribution in [3.63, 3.8) is 0 Å². The lowest BCUT2D eigenvalue weighted by molar-refractivity contribution is -0.144. The number of rotatable bonds is 0. The summed E-state index contributed by atoms with van der Waals surface area (Å²) in [6, 6.07) is 0. The quantitative estimate of drug-likeness (QED) is 0.670. The van der Waals surface area contributed by atoms with Crippen molar-refractivity contribution in [2.24, 2.45) is 17.8 Å². The largest absolute Gasteiger partial charge is 0.461 e. The Morgan fingerprint density at radius 3 is 2.68 bits per heavy atom. The van der Waals surface area contributed by atoms with Gasteiger partial charge in [0.25, 0.3) is 0 Å². The van der Waals surface area contributed by atoms with E-state index in [1.807, 2.05) is 13.8 Å². The summed E-state index contributed by atoms with van der Waals surface area (Å²) < 4.78 is 5.48. The predicted molar refractivity (Wildman–Crippen MR) is 68.1 cm³/mol. The molecule has 0 aromatic heterocycles. The van der Waals surface area contributed by atoms with Crippen LogP contribution in [0.4, 0.5) is 0 Å². The maximum atomic E-state index is 12.1. The van der Waals surface area contributed by atoms with Crippen molar-refractivity contribution in [3.05, 3.63) is 22.8 Å². The van der Waals surface area contributed by atoms with Crippen LogP contribution in [-0.2, 0) is 14.3 Å².